The van der Waals surface area contributed by atoms with Crippen LogP contribution in [0.15, 0.2) is 53.7 Å². The van der Waals surface area contributed by atoms with Gasteiger partial charge in [0.25, 0.3) is 0 Å². The van der Waals surface area contributed by atoms with Crippen molar-refractivity contribution >= 4 is 34.1 Å². The van der Waals surface area contributed by atoms with Crippen LogP contribution in [0.2, 0.25) is 0 Å². The summed E-state index contributed by atoms with van der Waals surface area (Å²) in [7, 11) is 0. The number of halogens is 2. The van der Waals surface area contributed by atoms with Crippen molar-refractivity contribution in [3.63, 3.8) is 0 Å². The Bertz CT molecular complexity index is 847. The molecule has 0 saturated heterocycles. The topological polar surface area (TPSA) is 54.9 Å². The molecule has 2 aromatic carbocycles. The van der Waals surface area contributed by atoms with E-state index in [0.717, 1.165) is 29.0 Å². The largest absolute Gasteiger partial charge is 0.325 e. The van der Waals surface area contributed by atoms with E-state index in [1.165, 1.54) is 11.8 Å². The Hall–Kier alpha value is -2.54. The van der Waals surface area contributed by atoms with Gasteiger partial charge in [-0.15, -0.1) is 5.10 Å². The van der Waals surface area contributed by atoms with Crippen molar-refractivity contribution in [2.24, 2.45) is 0 Å². The van der Waals surface area contributed by atoms with Gasteiger partial charge in [0.2, 0.25) is 5.91 Å². The highest BCUT2D eigenvalue weighted by molar-refractivity contribution is 8.00. The van der Waals surface area contributed by atoms with E-state index in [4.69, 9.17) is 0 Å². The van der Waals surface area contributed by atoms with Crippen molar-refractivity contribution in [1.29, 1.82) is 0 Å². The van der Waals surface area contributed by atoms with E-state index >= 15 is 0 Å². The summed E-state index contributed by atoms with van der Waals surface area (Å²) in [5.41, 5.74) is 0.0807. The van der Waals surface area contributed by atoms with Crippen LogP contribution in [-0.4, -0.2) is 21.9 Å². The smallest absolute Gasteiger partial charge is 0.234 e. The number of nitrogens with zero attached hydrogens (tertiary/aromatic N) is 2. The molecule has 4 nitrogen and oxygen atoms in total. The Morgan fingerprint density at radius 2 is 1.87 bits per heavy atom. The molecule has 0 radical (unpaired) electrons. The van der Waals surface area contributed by atoms with E-state index in [9.17, 15) is 13.6 Å². The molecule has 1 heterocycles. The summed E-state index contributed by atoms with van der Waals surface area (Å²) >= 11 is 1.21. The number of thioether (sulfide) groups is 1. The van der Waals surface area contributed by atoms with E-state index in [1.807, 2.05) is 24.3 Å². The van der Waals surface area contributed by atoms with Crippen molar-refractivity contribution in [1.82, 2.24) is 10.2 Å². The zero-order valence-corrected chi connectivity index (χ0v) is 12.6. The summed E-state index contributed by atoms with van der Waals surface area (Å²) in [6, 6.07) is 10.4. The third kappa shape index (κ3) is 3.81. The van der Waals surface area contributed by atoms with Crippen LogP contribution in [0, 0.1) is 11.6 Å². The Labute approximate surface area is 134 Å². The fourth-order valence-corrected chi connectivity index (χ4v) is 2.85. The first-order valence-electron chi connectivity index (χ1n) is 6.71. The fraction of sp³-hybridized carbons (Fsp3) is 0.0625. The predicted molar refractivity (Wildman–Crippen MR) is 85.2 cm³/mol. The molecular formula is C16H11F2N3OS. The zero-order chi connectivity index (χ0) is 16.2. The standard InChI is InChI=1S/C16H11F2N3OS/c17-11-5-12(18)7-13(6-11)20-15(22)9-23-16-14-4-2-1-3-10(14)8-19-21-16/h1-8H,9H2,(H,20,22). The maximum Gasteiger partial charge on any atom is 0.234 e. The summed E-state index contributed by atoms with van der Waals surface area (Å²) < 4.78 is 26.2. The van der Waals surface area contributed by atoms with Crippen molar-refractivity contribution < 1.29 is 13.6 Å². The SMILES string of the molecule is O=C(CSc1nncc2ccccc12)Nc1cc(F)cc(F)c1. The highest BCUT2D eigenvalue weighted by Crippen LogP contribution is 2.24. The fourth-order valence-electron chi connectivity index (χ4n) is 2.07. The van der Waals surface area contributed by atoms with Gasteiger partial charge >= 0.3 is 0 Å². The third-order valence-electron chi connectivity index (χ3n) is 3.02. The number of rotatable bonds is 4. The van der Waals surface area contributed by atoms with E-state index in [1.54, 1.807) is 6.20 Å². The molecule has 0 atom stereocenters. The Morgan fingerprint density at radius 3 is 2.65 bits per heavy atom. The van der Waals surface area contributed by atoms with Gasteiger partial charge in [-0.05, 0) is 12.1 Å². The average molecular weight is 331 g/mol. The summed E-state index contributed by atoms with van der Waals surface area (Å²) in [6.07, 6.45) is 1.65. The molecule has 0 aliphatic carbocycles. The third-order valence-corrected chi connectivity index (χ3v) is 4.00. The first kappa shape index (κ1) is 15.4. The van der Waals surface area contributed by atoms with Gasteiger partial charge in [-0.1, -0.05) is 36.0 Å². The van der Waals surface area contributed by atoms with Crippen molar-refractivity contribution in [3.8, 4) is 0 Å². The summed E-state index contributed by atoms with van der Waals surface area (Å²) in [4.78, 5) is 11.9. The predicted octanol–water partition coefficient (Wildman–Crippen LogP) is 3.64. The van der Waals surface area contributed by atoms with Gasteiger partial charge < -0.3 is 5.32 Å². The molecule has 1 aromatic heterocycles. The maximum absolute atomic E-state index is 13.1. The molecular weight excluding hydrogens is 320 g/mol. The van der Waals surface area contributed by atoms with Crippen LogP contribution in [0.1, 0.15) is 0 Å². The maximum atomic E-state index is 13.1. The van der Waals surface area contributed by atoms with Gasteiger partial charge in [-0.3, -0.25) is 4.79 Å². The van der Waals surface area contributed by atoms with Gasteiger partial charge in [0.1, 0.15) is 16.7 Å². The van der Waals surface area contributed by atoms with Gasteiger partial charge in [-0.25, -0.2) is 8.78 Å². The Morgan fingerprint density at radius 1 is 1.13 bits per heavy atom. The lowest BCUT2D eigenvalue weighted by Crippen LogP contribution is -2.14. The highest BCUT2D eigenvalue weighted by atomic mass is 32.2. The van der Waals surface area contributed by atoms with E-state index in [2.05, 4.69) is 15.5 Å². The molecule has 0 bridgehead atoms. The molecule has 3 rings (SSSR count). The molecule has 0 fully saturated rings. The second-order valence-electron chi connectivity index (χ2n) is 4.73. The second-order valence-corrected chi connectivity index (χ2v) is 5.70. The molecule has 0 aliphatic heterocycles. The number of benzene rings is 2. The summed E-state index contributed by atoms with van der Waals surface area (Å²) in [5, 5.41) is 12.8. The molecule has 0 saturated carbocycles. The van der Waals surface area contributed by atoms with E-state index in [0.29, 0.717) is 5.03 Å². The van der Waals surface area contributed by atoms with Crippen LogP contribution in [0.25, 0.3) is 10.8 Å². The van der Waals surface area contributed by atoms with Crippen LogP contribution in [-0.2, 0) is 4.79 Å². The number of hydrogen-bond acceptors (Lipinski definition) is 4. The van der Waals surface area contributed by atoms with Crippen LogP contribution in [0.4, 0.5) is 14.5 Å². The molecule has 23 heavy (non-hydrogen) atoms. The lowest BCUT2D eigenvalue weighted by atomic mass is 10.2. The number of amides is 1. The van der Waals surface area contributed by atoms with Crippen LogP contribution >= 0.6 is 11.8 Å². The number of anilines is 1. The lowest BCUT2D eigenvalue weighted by molar-refractivity contribution is -0.113. The van der Waals surface area contributed by atoms with E-state index < -0.39 is 11.6 Å². The molecule has 1 N–H and O–H groups in total. The van der Waals surface area contributed by atoms with Crippen molar-refractivity contribution in [3.05, 3.63) is 60.3 Å². The first-order chi connectivity index (χ1) is 11.1. The van der Waals surface area contributed by atoms with Crippen LogP contribution < -0.4 is 5.32 Å². The second kappa shape index (κ2) is 6.70. The van der Waals surface area contributed by atoms with Crippen LogP contribution in [0.3, 0.4) is 0 Å². The molecule has 0 aliphatic rings. The number of hydrogen-bond donors (Lipinski definition) is 1. The molecule has 7 heteroatoms. The van der Waals surface area contributed by atoms with Crippen LogP contribution in [0.5, 0.6) is 0 Å². The molecule has 1 amide bonds. The monoisotopic (exact) mass is 331 g/mol. The molecule has 0 unspecified atom stereocenters. The minimum absolute atomic E-state index is 0.0564. The number of fused-ring (bicyclic) bond motifs is 1. The molecule has 116 valence electrons. The minimum Gasteiger partial charge on any atom is -0.325 e. The molecule has 3 aromatic rings. The van der Waals surface area contributed by atoms with E-state index in [-0.39, 0.29) is 17.3 Å². The summed E-state index contributed by atoms with van der Waals surface area (Å²) in [5.74, 6) is -1.81. The van der Waals surface area contributed by atoms with Gasteiger partial charge in [0, 0.05) is 22.5 Å². The number of carbonyl (C=O) groups excluding carboxylic acids is 1. The minimum atomic E-state index is -0.743. The van der Waals surface area contributed by atoms with Crippen molar-refractivity contribution in [2.45, 2.75) is 5.03 Å². The van der Waals surface area contributed by atoms with Gasteiger partial charge in [0.15, 0.2) is 0 Å². The Balaban J connectivity index is 1.68. The quantitative estimate of drug-likeness (QED) is 0.742. The van der Waals surface area contributed by atoms with Crippen molar-refractivity contribution in [2.75, 3.05) is 11.1 Å². The summed E-state index contributed by atoms with van der Waals surface area (Å²) in [6.45, 7) is 0. The Kier molecular flexibility index (Phi) is 4.47. The number of aromatic nitrogens is 2. The first-order valence-corrected chi connectivity index (χ1v) is 7.69. The average Bonchev–Trinajstić information content (AvgIpc) is 2.52. The highest BCUT2D eigenvalue weighted by Gasteiger charge is 2.09. The van der Waals surface area contributed by atoms with Gasteiger partial charge in [-0.2, -0.15) is 5.10 Å². The normalized spacial score (nSPS) is 10.7. The number of nitrogens with one attached hydrogen (secondary N) is 1. The molecule has 0 spiro atoms. The number of carbonyl (C=O) groups is 1. The lowest BCUT2D eigenvalue weighted by Gasteiger charge is -2.06. The zero-order valence-electron chi connectivity index (χ0n) is 11.8. The van der Waals surface area contributed by atoms with Gasteiger partial charge in [0.05, 0.1) is 11.9 Å².